The van der Waals surface area contributed by atoms with Crippen molar-refractivity contribution < 1.29 is 24.9 Å². The first-order valence-electron chi connectivity index (χ1n) is 5.81. The van der Waals surface area contributed by atoms with Crippen LogP contribution in [0.5, 0.6) is 0 Å². The molecule has 1 aromatic carbocycles. The van der Waals surface area contributed by atoms with E-state index in [4.69, 9.17) is 16.7 Å². The first kappa shape index (κ1) is 17.0. The Bertz CT molecular complexity index is 506. The molecule has 0 saturated carbocycles. The van der Waals surface area contributed by atoms with Gasteiger partial charge in [0, 0.05) is 17.7 Å². The van der Waals surface area contributed by atoms with E-state index >= 15 is 0 Å². The smallest absolute Gasteiger partial charge is 0.307 e. The average Bonchev–Trinajstić information content (AvgIpc) is 2.34. The van der Waals surface area contributed by atoms with Gasteiger partial charge < -0.3 is 15.3 Å². The van der Waals surface area contributed by atoms with E-state index in [2.05, 4.69) is 0 Å². The van der Waals surface area contributed by atoms with Gasteiger partial charge in [0.05, 0.1) is 12.5 Å². The van der Waals surface area contributed by atoms with Gasteiger partial charge in [-0.15, -0.1) is 0 Å². The molecule has 0 aliphatic rings. The topological polar surface area (TPSA) is 94.8 Å². The number of carbonyl (C=O) groups is 2. The van der Waals surface area contributed by atoms with Crippen molar-refractivity contribution in [2.24, 2.45) is 0 Å². The zero-order valence-electron chi connectivity index (χ0n) is 10.7. The molecule has 20 heavy (non-hydrogen) atoms. The van der Waals surface area contributed by atoms with Crippen molar-refractivity contribution in [2.45, 2.75) is 25.6 Å². The molecule has 2 atom stereocenters. The molecule has 1 aromatic rings. The van der Waals surface area contributed by atoms with Crippen molar-refractivity contribution in [3.8, 4) is 0 Å². The second-order valence-corrected chi connectivity index (χ2v) is 5.86. The average molecular weight is 319 g/mol. The van der Waals surface area contributed by atoms with Crippen LogP contribution in [0.2, 0.25) is 5.02 Å². The van der Waals surface area contributed by atoms with Gasteiger partial charge in [-0.3, -0.25) is 9.59 Å². The van der Waals surface area contributed by atoms with E-state index in [0.29, 0.717) is 16.1 Å². The molecule has 0 fully saturated rings. The Morgan fingerprint density at radius 3 is 2.55 bits per heavy atom. The van der Waals surface area contributed by atoms with Gasteiger partial charge in [0.2, 0.25) is 0 Å². The van der Waals surface area contributed by atoms with Crippen molar-refractivity contribution >= 4 is 34.4 Å². The predicted octanol–water partition coefficient (Wildman–Crippen LogP) is 1.64. The van der Waals surface area contributed by atoms with Crippen molar-refractivity contribution in [3.05, 3.63) is 34.3 Å². The minimum Gasteiger partial charge on any atom is -0.481 e. The van der Waals surface area contributed by atoms with E-state index in [-0.39, 0.29) is 17.3 Å². The van der Waals surface area contributed by atoms with Crippen LogP contribution in [0.25, 0.3) is 0 Å². The van der Waals surface area contributed by atoms with E-state index in [0.717, 1.165) is 11.8 Å². The summed E-state index contributed by atoms with van der Waals surface area (Å²) in [4.78, 5) is 21.6. The van der Waals surface area contributed by atoms with Gasteiger partial charge in [-0.1, -0.05) is 29.4 Å². The Labute approximate surface area is 125 Å². The Morgan fingerprint density at radius 1 is 1.35 bits per heavy atom. The largest absolute Gasteiger partial charge is 0.481 e. The van der Waals surface area contributed by atoms with E-state index in [9.17, 15) is 19.8 Å². The molecule has 1 rings (SSSR count). The van der Waals surface area contributed by atoms with Gasteiger partial charge >= 0.3 is 5.97 Å². The quantitative estimate of drug-likeness (QED) is 0.738. The van der Waals surface area contributed by atoms with E-state index in [1.54, 1.807) is 0 Å². The van der Waals surface area contributed by atoms with Crippen LogP contribution in [0.1, 0.15) is 24.2 Å². The number of hydrogen-bond donors (Lipinski definition) is 3. The number of carbonyl (C=O) groups excluding carboxylic acids is 1. The van der Waals surface area contributed by atoms with E-state index < -0.39 is 18.2 Å². The molecule has 0 aliphatic carbocycles. The molecule has 0 radical (unpaired) electrons. The third kappa shape index (κ3) is 5.13. The summed E-state index contributed by atoms with van der Waals surface area (Å²) in [5, 5.41) is 28.9. The number of carboxylic acid groups (broad SMARTS) is 1. The molecule has 0 amide bonds. The van der Waals surface area contributed by atoms with Gasteiger partial charge in [0.1, 0.15) is 6.10 Å². The van der Waals surface area contributed by atoms with Crippen LogP contribution < -0.4 is 0 Å². The van der Waals surface area contributed by atoms with Gasteiger partial charge in [0.15, 0.2) is 5.12 Å². The van der Waals surface area contributed by atoms with Crippen molar-refractivity contribution in [3.63, 3.8) is 0 Å². The highest BCUT2D eigenvalue weighted by atomic mass is 35.5. The van der Waals surface area contributed by atoms with Crippen LogP contribution in [0.3, 0.4) is 0 Å². The Hall–Kier alpha value is -1.08. The minimum atomic E-state index is -1.27. The van der Waals surface area contributed by atoms with Crippen LogP contribution in [0, 0.1) is 0 Å². The lowest BCUT2D eigenvalue weighted by molar-refractivity contribution is -0.136. The fraction of sp³-hybridized carbons (Fsp3) is 0.385. The van der Waals surface area contributed by atoms with Crippen molar-refractivity contribution in [1.82, 2.24) is 0 Å². The Kier molecular flexibility index (Phi) is 6.48. The SMILES string of the molecule is CC(=O)SCC(O)C(O)c1ccc(Cl)cc1CC(=O)O. The second-order valence-electron chi connectivity index (χ2n) is 4.23. The van der Waals surface area contributed by atoms with E-state index in [1.807, 2.05) is 0 Å². The third-order valence-electron chi connectivity index (χ3n) is 2.59. The Morgan fingerprint density at radius 2 is 2.00 bits per heavy atom. The zero-order chi connectivity index (χ0) is 15.3. The molecule has 2 unspecified atom stereocenters. The Balaban J connectivity index is 2.93. The molecule has 0 aliphatic heterocycles. The number of aliphatic carboxylic acids is 1. The van der Waals surface area contributed by atoms with Crippen molar-refractivity contribution in [2.75, 3.05) is 5.75 Å². The van der Waals surface area contributed by atoms with Gasteiger partial charge in [-0.2, -0.15) is 0 Å². The number of rotatable bonds is 6. The number of aliphatic hydroxyl groups excluding tert-OH is 2. The summed E-state index contributed by atoms with van der Waals surface area (Å²) in [6.07, 6.45) is -2.74. The standard InChI is InChI=1S/C13H15ClO5S/c1-7(15)20-6-11(16)13(19)10-3-2-9(14)4-8(10)5-12(17)18/h2-4,11,13,16,19H,5-6H2,1H3,(H,17,18). The maximum atomic E-state index is 10.8. The van der Waals surface area contributed by atoms with Gasteiger partial charge in [-0.25, -0.2) is 0 Å². The van der Waals surface area contributed by atoms with Crippen LogP contribution in [-0.2, 0) is 16.0 Å². The molecule has 0 bridgehead atoms. The maximum Gasteiger partial charge on any atom is 0.307 e. The monoisotopic (exact) mass is 318 g/mol. The van der Waals surface area contributed by atoms with Crippen molar-refractivity contribution in [1.29, 1.82) is 0 Å². The summed E-state index contributed by atoms with van der Waals surface area (Å²) in [7, 11) is 0. The van der Waals surface area contributed by atoms with Crippen LogP contribution in [-0.4, -0.2) is 38.3 Å². The molecular formula is C13H15ClO5S. The molecule has 3 N–H and O–H groups in total. The fourth-order valence-electron chi connectivity index (χ4n) is 1.68. The lowest BCUT2D eigenvalue weighted by Crippen LogP contribution is -2.23. The van der Waals surface area contributed by atoms with Gasteiger partial charge in [0.25, 0.3) is 0 Å². The molecule has 0 spiro atoms. The molecule has 0 heterocycles. The first-order chi connectivity index (χ1) is 9.31. The summed E-state index contributed by atoms with van der Waals surface area (Å²) in [5.74, 6) is -1.03. The lowest BCUT2D eigenvalue weighted by atomic mass is 9.97. The first-order valence-corrected chi connectivity index (χ1v) is 7.17. The maximum absolute atomic E-state index is 10.8. The predicted molar refractivity (Wildman–Crippen MR) is 76.9 cm³/mol. The van der Waals surface area contributed by atoms with E-state index in [1.165, 1.54) is 25.1 Å². The van der Waals surface area contributed by atoms with Gasteiger partial charge in [-0.05, 0) is 23.3 Å². The number of halogens is 1. The third-order valence-corrected chi connectivity index (χ3v) is 3.74. The number of carboxylic acids is 1. The molecule has 0 saturated heterocycles. The van der Waals surface area contributed by atoms with Crippen LogP contribution in [0.4, 0.5) is 0 Å². The summed E-state index contributed by atoms with van der Waals surface area (Å²) < 4.78 is 0. The van der Waals surface area contributed by atoms with Crippen LogP contribution >= 0.6 is 23.4 Å². The zero-order valence-corrected chi connectivity index (χ0v) is 12.3. The number of aliphatic hydroxyl groups is 2. The lowest BCUT2D eigenvalue weighted by Gasteiger charge is -2.20. The number of thioether (sulfide) groups is 1. The summed E-state index contributed by atoms with van der Waals surface area (Å²) in [6.45, 7) is 1.36. The highest BCUT2D eigenvalue weighted by Gasteiger charge is 2.22. The normalized spacial score (nSPS) is 13.8. The molecule has 5 nitrogen and oxygen atoms in total. The number of hydrogen-bond acceptors (Lipinski definition) is 5. The minimum absolute atomic E-state index is 0.0334. The summed E-state index contributed by atoms with van der Waals surface area (Å²) in [5.41, 5.74) is 0.637. The molecule has 7 heteroatoms. The highest BCUT2D eigenvalue weighted by Crippen LogP contribution is 2.26. The summed E-state index contributed by atoms with van der Waals surface area (Å²) >= 11 is 6.70. The fourth-order valence-corrected chi connectivity index (χ4v) is 2.46. The van der Waals surface area contributed by atoms with Crippen LogP contribution in [0.15, 0.2) is 18.2 Å². The summed E-state index contributed by atoms with van der Waals surface area (Å²) in [6, 6.07) is 4.43. The number of benzene rings is 1. The molecule has 110 valence electrons. The molecular weight excluding hydrogens is 304 g/mol. The highest BCUT2D eigenvalue weighted by molar-refractivity contribution is 8.13. The molecule has 0 aromatic heterocycles. The second kappa shape index (κ2) is 7.64.